The van der Waals surface area contributed by atoms with Gasteiger partial charge in [-0.05, 0) is 31.5 Å². The molecule has 2 heterocycles. The van der Waals surface area contributed by atoms with Crippen LogP contribution in [0.15, 0.2) is 33.9 Å². The van der Waals surface area contributed by atoms with E-state index >= 15 is 0 Å². The van der Waals surface area contributed by atoms with Crippen LogP contribution in [-0.2, 0) is 0 Å². The molecule has 0 aliphatic carbocycles. The Morgan fingerprint density at radius 3 is 1.67 bits per heavy atom. The molecule has 24 heavy (non-hydrogen) atoms. The summed E-state index contributed by atoms with van der Waals surface area (Å²) in [7, 11) is 0. The van der Waals surface area contributed by atoms with Gasteiger partial charge < -0.3 is 10.2 Å². The van der Waals surface area contributed by atoms with E-state index in [1.807, 2.05) is 0 Å². The maximum Gasteiger partial charge on any atom is 0.268 e. The molecule has 8 heteroatoms. The zero-order chi connectivity index (χ0) is 16.6. The Labute approximate surface area is 143 Å². The van der Waals surface area contributed by atoms with Crippen molar-refractivity contribution in [2.24, 2.45) is 0 Å². The third-order valence-corrected chi connectivity index (χ3v) is 3.97. The van der Waals surface area contributed by atoms with E-state index in [-0.39, 0.29) is 23.5 Å². The molecule has 0 aliphatic rings. The number of H-pyrrole nitrogens is 4. The molecule has 0 fully saturated rings. The summed E-state index contributed by atoms with van der Waals surface area (Å²) >= 11 is 0. The number of halogens is 1. The SMILES string of the molecule is Cc1[nH][nH]c(=O)c1C(c1ccc(C#N)cc1)c1c(C)[nH][nH]c1=O.Cl. The highest BCUT2D eigenvalue weighted by Crippen LogP contribution is 2.30. The van der Waals surface area contributed by atoms with Gasteiger partial charge in [-0.25, -0.2) is 0 Å². The molecule has 1 aromatic carbocycles. The average Bonchev–Trinajstić information content (AvgIpc) is 3.05. The highest BCUT2D eigenvalue weighted by Gasteiger charge is 2.27. The normalized spacial score (nSPS) is 10.4. The van der Waals surface area contributed by atoms with E-state index in [2.05, 4.69) is 26.5 Å². The third-order valence-electron chi connectivity index (χ3n) is 3.97. The topological polar surface area (TPSA) is 121 Å². The highest BCUT2D eigenvalue weighted by molar-refractivity contribution is 5.85. The predicted octanol–water partition coefficient (Wildman–Crippen LogP) is 1.81. The Morgan fingerprint density at radius 2 is 1.33 bits per heavy atom. The fourth-order valence-corrected chi connectivity index (χ4v) is 2.83. The van der Waals surface area contributed by atoms with Crippen LogP contribution in [-0.4, -0.2) is 20.4 Å². The van der Waals surface area contributed by atoms with Gasteiger partial charge in [0.15, 0.2) is 0 Å². The number of nitriles is 1. The van der Waals surface area contributed by atoms with Crippen LogP contribution in [0.3, 0.4) is 0 Å². The van der Waals surface area contributed by atoms with Gasteiger partial charge in [0.25, 0.3) is 11.1 Å². The second kappa shape index (κ2) is 6.64. The van der Waals surface area contributed by atoms with Gasteiger partial charge in [-0.1, -0.05) is 12.1 Å². The Kier molecular flexibility index (Phi) is 4.81. The molecule has 4 N–H and O–H groups in total. The smallest absolute Gasteiger partial charge is 0.268 e. The van der Waals surface area contributed by atoms with Crippen LogP contribution >= 0.6 is 12.4 Å². The van der Waals surface area contributed by atoms with Crippen LogP contribution in [0.1, 0.15) is 39.6 Å². The van der Waals surface area contributed by atoms with Gasteiger partial charge in [0, 0.05) is 17.3 Å². The Morgan fingerprint density at radius 1 is 0.875 bits per heavy atom. The fraction of sp³-hybridized carbons (Fsp3) is 0.188. The lowest BCUT2D eigenvalue weighted by molar-refractivity contribution is 0.931. The molecule has 0 spiro atoms. The summed E-state index contributed by atoms with van der Waals surface area (Å²) in [6.45, 7) is 3.56. The molecule has 0 bridgehead atoms. The van der Waals surface area contributed by atoms with Crippen molar-refractivity contribution in [3.05, 3.63) is 78.6 Å². The lowest BCUT2D eigenvalue weighted by Crippen LogP contribution is -2.20. The van der Waals surface area contributed by atoms with Crippen molar-refractivity contribution in [3.8, 4) is 6.07 Å². The predicted molar refractivity (Wildman–Crippen MR) is 91.7 cm³/mol. The first-order valence-corrected chi connectivity index (χ1v) is 7.07. The summed E-state index contributed by atoms with van der Waals surface area (Å²) in [4.78, 5) is 24.5. The van der Waals surface area contributed by atoms with Gasteiger partial charge in [-0.3, -0.25) is 19.8 Å². The molecule has 3 rings (SSSR count). The van der Waals surface area contributed by atoms with Crippen molar-refractivity contribution in [3.63, 3.8) is 0 Å². The van der Waals surface area contributed by atoms with E-state index in [0.29, 0.717) is 28.1 Å². The maximum atomic E-state index is 12.2. The minimum absolute atomic E-state index is 0. The second-order valence-corrected chi connectivity index (χ2v) is 5.40. The van der Waals surface area contributed by atoms with Gasteiger partial charge in [0.2, 0.25) is 0 Å². The van der Waals surface area contributed by atoms with Crippen LogP contribution in [0, 0.1) is 25.2 Å². The van der Waals surface area contributed by atoms with Crippen molar-refractivity contribution in [2.45, 2.75) is 19.8 Å². The minimum atomic E-state index is -0.521. The number of benzene rings is 1. The number of aryl methyl sites for hydroxylation is 2. The van der Waals surface area contributed by atoms with E-state index in [4.69, 9.17) is 5.26 Å². The average molecular weight is 346 g/mol. The third kappa shape index (κ3) is 2.79. The first kappa shape index (κ1) is 17.4. The molecule has 0 unspecified atom stereocenters. The molecule has 3 aromatic rings. The fourth-order valence-electron chi connectivity index (χ4n) is 2.83. The van der Waals surface area contributed by atoms with Crippen molar-refractivity contribution < 1.29 is 0 Å². The van der Waals surface area contributed by atoms with Crippen molar-refractivity contribution in [1.29, 1.82) is 5.26 Å². The van der Waals surface area contributed by atoms with Crippen molar-refractivity contribution in [1.82, 2.24) is 20.4 Å². The summed E-state index contributed by atoms with van der Waals surface area (Å²) in [6, 6.07) is 8.94. The van der Waals surface area contributed by atoms with Crippen LogP contribution < -0.4 is 11.1 Å². The number of nitrogens with zero attached hydrogens (tertiary/aromatic N) is 1. The molecule has 0 aliphatic heterocycles. The lowest BCUT2D eigenvalue weighted by atomic mass is 9.85. The van der Waals surface area contributed by atoms with Crippen LogP contribution in [0.25, 0.3) is 0 Å². The molecule has 124 valence electrons. The summed E-state index contributed by atoms with van der Waals surface area (Å²) in [6.07, 6.45) is 0. The summed E-state index contributed by atoms with van der Waals surface area (Å²) in [5, 5.41) is 19.6. The van der Waals surface area contributed by atoms with Gasteiger partial charge in [-0.15, -0.1) is 12.4 Å². The summed E-state index contributed by atoms with van der Waals surface area (Å²) in [5.74, 6) is -0.521. The monoisotopic (exact) mass is 345 g/mol. The quantitative estimate of drug-likeness (QED) is 0.579. The number of rotatable bonds is 3. The molecule has 0 amide bonds. The first-order chi connectivity index (χ1) is 11.0. The number of hydrogen-bond donors (Lipinski definition) is 4. The van der Waals surface area contributed by atoms with Gasteiger partial charge in [0.1, 0.15) is 0 Å². The van der Waals surface area contributed by atoms with Crippen LogP contribution in [0.4, 0.5) is 0 Å². The molecule has 0 radical (unpaired) electrons. The zero-order valence-corrected chi connectivity index (χ0v) is 13.9. The number of aromatic amines is 4. The van der Waals surface area contributed by atoms with Crippen molar-refractivity contribution >= 4 is 12.4 Å². The summed E-state index contributed by atoms with van der Waals surface area (Å²) < 4.78 is 0. The van der Waals surface area contributed by atoms with E-state index in [1.54, 1.807) is 38.1 Å². The van der Waals surface area contributed by atoms with Crippen LogP contribution in [0.2, 0.25) is 0 Å². The van der Waals surface area contributed by atoms with E-state index in [0.717, 1.165) is 5.56 Å². The Hall–Kier alpha value is -2.98. The highest BCUT2D eigenvalue weighted by atomic mass is 35.5. The zero-order valence-electron chi connectivity index (χ0n) is 13.1. The second-order valence-electron chi connectivity index (χ2n) is 5.40. The molecular formula is C16H16ClN5O2. The number of hydrogen-bond acceptors (Lipinski definition) is 3. The summed E-state index contributed by atoms with van der Waals surface area (Å²) in [5.41, 5.74) is 3.07. The first-order valence-electron chi connectivity index (χ1n) is 7.07. The van der Waals surface area contributed by atoms with E-state index in [9.17, 15) is 9.59 Å². The Balaban J connectivity index is 0.00000208. The van der Waals surface area contributed by atoms with Crippen molar-refractivity contribution in [2.75, 3.05) is 0 Å². The maximum absolute atomic E-state index is 12.2. The van der Waals surface area contributed by atoms with Gasteiger partial charge in [-0.2, -0.15) is 5.26 Å². The van der Waals surface area contributed by atoms with E-state index < -0.39 is 5.92 Å². The van der Waals surface area contributed by atoms with E-state index in [1.165, 1.54) is 0 Å². The lowest BCUT2D eigenvalue weighted by Gasteiger charge is -2.15. The van der Waals surface area contributed by atoms with Gasteiger partial charge >= 0.3 is 0 Å². The standard InChI is InChI=1S/C16H15N5O2.ClH/c1-8-12(15(22)20-18-8)14(13-9(2)19-21-16(13)23)11-5-3-10(7-17)4-6-11;/h3-6,14H,1-2H3,(H2,18,20,22)(H2,19,21,23);1H. The Bertz CT molecular complexity index is 947. The molecule has 0 saturated heterocycles. The van der Waals surface area contributed by atoms with Gasteiger partial charge in [0.05, 0.1) is 22.8 Å². The molecule has 0 atom stereocenters. The number of nitrogens with one attached hydrogen (secondary N) is 4. The van der Waals surface area contributed by atoms with Crippen LogP contribution in [0.5, 0.6) is 0 Å². The molecule has 7 nitrogen and oxygen atoms in total. The molecule has 2 aromatic heterocycles. The molecular weight excluding hydrogens is 330 g/mol. The minimum Gasteiger partial charge on any atom is -0.302 e. The number of aromatic nitrogens is 4. The largest absolute Gasteiger partial charge is 0.302 e. The molecule has 0 saturated carbocycles.